The van der Waals surface area contributed by atoms with Crippen molar-refractivity contribution in [3.05, 3.63) is 71.6 Å². The van der Waals surface area contributed by atoms with Gasteiger partial charge in [-0.1, -0.05) is 36.8 Å². The van der Waals surface area contributed by atoms with Gasteiger partial charge in [-0.05, 0) is 54.8 Å². The summed E-state index contributed by atoms with van der Waals surface area (Å²) in [6.45, 7) is 0. The summed E-state index contributed by atoms with van der Waals surface area (Å²) in [6.07, 6.45) is 0.579. The van der Waals surface area contributed by atoms with Crippen LogP contribution >= 0.6 is 11.3 Å². The Hall–Kier alpha value is -3.21. The highest BCUT2D eigenvalue weighted by Crippen LogP contribution is 2.47. The second-order valence-corrected chi connectivity index (χ2v) is 11.6. The average molecular weight is 501 g/mol. The van der Waals surface area contributed by atoms with Crippen molar-refractivity contribution in [3.8, 4) is 16.2 Å². The molecule has 0 spiro atoms. The Morgan fingerprint density at radius 1 is 1.03 bits per heavy atom. The lowest BCUT2D eigenvalue weighted by Crippen LogP contribution is -2.43. The van der Waals surface area contributed by atoms with Gasteiger partial charge in [0.2, 0.25) is 5.91 Å². The zero-order chi connectivity index (χ0) is 24.2. The van der Waals surface area contributed by atoms with E-state index in [1.807, 2.05) is 18.2 Å². The zero-order valence-electron chi connectivity index (χ0n) is 18.2. The van der Waals surface area contributed by atoms with E-state index >= 15 is 0 Å². The summed E-state index contributed by atoms with van der Waals surface area (Å²) < 4.78 is 30.1. The van der Waals surface area contributed by atoms with Crippen LogP contribution in [-0.2, 0) is 19.4 Å². The molecule has 0 bridgehead atoms. The number of ether oxygens (including phenoxy) is 1. The van der Waals surface area contributed by atoms with Crippen LogP contribution in [0, 0.1) is 0 Å². The number of carbonyl (C=O) groups is 2. The van der Waals surface area contributed by atoms with Crippen LogP contribution in [0.15, 0.2) is 66.7 Å². The second kappa shape index (κ2) is 9.96. The summed E-state index contributed by atoms with van der Waals surface area (Å²) in [4.78, 5) is 25.6. The van der Waals surface area contributed by atoms with Crippen molar-refractivity contribution in [1.82, 2.24) is 5.48 Å². The quantitative estimate of drug-likeness (QED) is 0.333. The first-order valence-electron chi connectivity index (χ1n) is 10.7. The maximum Gasteiger partial charge on any atom is 0.417 e. The molecule has 1 aliphatic rings. The first-order chi connectivity index (χ1) is 16.3. The van der Waals surface area contributed by atoms with Gasteiger partial charge < -0.3 is 4.74 Å². The molecule has 1 saturated heterocycles. The van der Waals surface area contributed by atoms with E-state index < -0.39 is 26.6 Å². The van der Waals surface area contributed by atoms with Gasteiger partial charge in [-0.15, -0.1) is 11.3 Å². The monoisotopic (exact) mass is 500 g/mol. The molecule has 3 N–H and O–H groups in total. The number of rotatable bonds is 6. The number of hydroxylamine groups is 1. The summed E-state index contributed by atoms with van der Waals surface area (Å²) >= 11 is 1.29. The first kappa shape index (κ1) is 23.9. The minimum Gasteiger partial charge on any atom is -0.410 e. The number of amides is 2. The maximum atomic E-state index is 13.1. The Bertz CT molecular complexity index is 1290. The van der Waals surface area contributed by atoms with E-state index in [4.69, 9.17) is 9.94 Å². The molecule has 34 heavy (non-hydrogen) atoms. The van der Waals surface area contributed by atoms with Crippen molar-refractivity contribution >= 4 is 38.9 Å². The third kappa shape index (κ3) is 4.98. The third-order valence-corrected chi connectivity index (χ3v) is 9.86. The molecule has 3 aromatic rings. The maximum absolute atomic E-state index is 13.1. The lowest BCUT2D eigenvalue weighted by atomic mass is 9.94. The van der Waals surface area contributed by atoms with Crippen molar-refractivity contribution in [3.63, 3.8) is 0 Å². The normalized spacial score (nSPS) is 19.2. The van der Waals surface area contributed by atoms with Crippen LogP contribution in [0.4, 0.5) is 10.5 Å². The van der Waals surface area contributed by atoms with Crippen molar-refractivity contribution in [2.75, 3.05) is 11.1 Å². The van der Waals surface area contributed by atoms with Gasteiger partial charge in [-0.2, -0.15) is 0 Å². The predicted molar refractivity (Wildman–Crippen MR) is 130 cm³/mol. The Labute approximate surface area is 201 Å². The largest absolute Gasteiger partial charge is 0.417 e. The molecule has 2 aromatic carbocycles. The van der Waals surface area contributed by atoms with E-state index in [1.54, 1.807) is 54.0 Å². The highest BCUT2D eigenvalue weighted by atomic mass is 32.2. The Morgan fingerprint density at radius 2 is 1.82 bits per heavy atom. The van der Waals surface area contributed by atoms with E-state index in [2.05, 4.69) is 5.32 Å². The number of carbonyl (C=O) groups excluding carboxylic acids is 2. The molecule has 1 aliphatic heterocycles. The molecule has 0 unspecified atom stereocenters. The van der Waals surface area contributed by atoms with Gasteiger partial charge in [0.1, 0.15) is 10.5 Å². The molecular formula is C24H24N2O6S2. The number of hydrogen-bond acceptors (Lipinski definition) is 7. The average Bonchev–Trinajstić information content (AvgIpc) is 3.32. The molecule has 0 saturated carbocycles. The molecule has 0 aliphatic carbocycles. The predicted octanol–water partition coefficient (Wildman–Crippen LogP) is 4.72. The molecule has 10 heteroatoms. The van der Waals surface area contributed by atoms with Gasteiger partial charge in [0.05, 0.1) is 12.2 Å². The lowest BCUT2D eigenvalue weighted by molar-refractivity contribution is -0.130. The summed E-state index contributed by atoms with van der Waals surface area (Å²) in [5.41, 5.74) is 2.88. The van der Waals surface area contributed by atoms with Crippen LogP contribution < -0.4 is 15.5 Å². The number of nitrogens with one attached hydrogen (secondary N) is 2. The Morgan fingerprint density at radius 3 is 2.56 bits per heavy atom. The highest BCUT2D eigenvalue weighted by Gasteiger charge is 2.49. The molecular weight excluding hydrogens is 476 g/mol. The van der Waals surface area contributed by atoms with Gasteiger partial charge >= 0.3 is 6.09 Å². The molecule has 2 amide bonds. The molecule has 1 aromatic heterocycles. The molecule has 1 fully saturated rings. The number of benzene rings is 2. The number of anilines is 1. The Kier molecular flexibility index (Phi) is 7.01. The van der Waals surface area contributed by atoms with Crippen LogP contribution in [-0.4, -0.2) is 31.4 Å². The summed E-state index contributed by atoms with van der Waals surface area (Å²) in [6, 6.07) is 19.4. The highest BCUT2D eigenvalue weighted by molar-refractivity contribution is 7.92. The van der Waals surface area contributed by atoms with Gasteiger partial charge in [0, 0.05) is 15.4 Å². The van der Waals surface area contributed by atoms with Crippen LogP contribution in [0.5, 0.6) is 5.75 Å². The smallest absolute Gasteiger partial charge is 0.410 e. The number of hydrogen-bond donors (Lipinski definition) is 3. The zero-order valence-corrected chi connectivity index (χ0v) is 19.8. The molecule has 8 nitrogen and oxygen atoms in total. The van der Waals surface area contributed by atoms with Gasteiger partial charge in [-0.3, -0.25) is 15.3 Å². The van der Waals surface area contributed by atoms with Crippen LogP contribution in [0.3, 0.4) is 0 Å². The fraction of sp³-hybridized carbons (Fsp3) is 0.250. The second-order valence-electron chi connectivity index (χ2n) is 8.05. The molecule has 178 valence electrons. The van der Waals surface area contributed by atoms with Crippen molar-refractivity contribution in [2.24, 2.45) is 0 Å². The SMILES string of the molecule is O=C(C[C@]1(c2ccc(-c3cccc(NC(=O)Oc4ccccc4)c3)s2)CCCCS1(=O)=O)NO. The van der Waals surface area contributed by atoms with Crippen LogP contribution in [0.25, 0.3) is 10.4 Å². The van der Waals surface area contributed by atoms with Gasteiger partial charge in [-0.25, -0.2) is 18.7 Å². The molecule has 2 heterocycles. The first-order valence-corrected chi connectivity index (χ1v) is 13.2. The number of para-hydroxylation sites is 1. The van der Waals surface area contributed by atoms with Gasteiger partial charge in [0.15, 0.2) is 9.84 Å². The van der Waals surface area contributed by atoms with E-state index in [-0.39, 0.29) is 12.2 Å². The fourth-order valence-electron chi connectivity index (χ4n) is 4.14. The number of thiophene rings is 1. The summed E-state index contributed by atoms with van der Waals surface area (Å²) in [5, 5.41) is 11.7. The molecule has 0 radical (unpaired) electrons. The topological polar surface area (TPSA) is 122 Å². The number of sulfone groups is 1. The van der Waals surface area contributed by atoms with Crippen LogP contribution in [0.1, 0.15) is 30.6 Å². The van der Waals surface area contributed by atoms with E-state index in [9.17, 15) is 18.0 Å². The van der Waals surface area contributed by atoms with Crippen molar-refractivity contribution in [1.29, 1.82) is 0 Å². The summed E-state index contributed by atoms with van der Waals surface area (Å²) in [5.74, 6) is -0.310. The minimum atomic E-state index is -3.60. The molecule has 4 rings (SSSR count). The van der Waals surface area contributed by atoms with Crippen LogP contribution in [0.2, 0.25) is 0 Å². The Balaban J connectivity index is 1.58. The fourth-order valence-corrected chi connectivity index (χ4v) is 7.92. The molecule has 1 atom stereocenters. The third-order valence-electron chi connectivity index (χ3n) is 5.81. The van der Waals surface area contributed by atoms with Crippen molar-refractivity contribution < 1.29 is 28.0 Å². The summed E-state index contributed by atoms with van der Waals surface area (Å²) in [7, 11) is -3.60. The standard InChI is InChI=1S/C24H24N2O6S2/c27-22(26-29)16-24(13-4-5-14-34(24,30)31)21-12-11-20(33-21)17-7-6-8-18(15-17)25-23(28)32-19-9-2-1-3-10-19/h1-3,6-12,15,29H,4-5,13-14,16H2,(H,25,28)(H,26,27)/t24-/m0/s1. The van der Waals surface area contributed by atoms with E-state index in [0.29, 0.717) is 35.6 Å². The van der Waals surface area contributed by atoms with E-state index in [1.165, 1.54) is 11.3 Å². The van der Waals surface area contributed by atoms with Gasteiger partial charge in [0.25, 0.3) is 0 Å². The van der Waals surface area contributed by atoms with E-state index in [0.717, 1.165) is 10.4 Å². The lowest BCUT2D eigenvalue weighted by Gasteiger charge is -2.35. The minimum absolute atomic E-state index is 0.00186. The van der Waals surface area contributed by atoms with Crippen molar-refractivity contribution in [2.45, 2.75) is 30.4 Å².